The summed E-state index contributed by atoms with van der Waals surface area (Å²) >= 11 is 0. The highest BCUT2D eigenvalue weighted by atomic mass is 32.2. The van der Waals surface area contributed by atoms with Crippen LogP contribution >= 0.6 is 0 Å². The molecule has 6 heteroatoms. The summed E-state index contributed by atoms with van der Waals surface area (Å²) in [5.41, 5.74) is 3.95. The molecule has 3 aliphatic carbocycles. The molecule has 1 amide bonds. The number of hydrogen-bond acceptors (Lipinski definition) is 3. The summed E-state index contributed by atoms with van der Waals surface area (Å²) in [5, 5.41) is 3.09. The molecule has 2 aromatic rings. The molecule has 5 rings (SSSR count). The number of rotatable bonds is 6. The van der Waals surface area contributed by atoms with Crippen molar-refractivity contribution in [1.82, 2.24) is 0 Å². The molecule has 0 spiro atoms. The van der Waals surface area contributed by atoms with Crippen molar-refractivity contribution < 1.29 is 17.8 Å². The van der Waals surface area contributed by atoms with E-state index < -0.39 is 10.1 Å². The van der Waals surface area contributed by atoms with Crippen LogP contribution in [0.4, 0.5) is 5.69 Å². The summed E-state index contributed by atoms with van der Waals surface area (Å²) in [5.74, 6) is 0.565. The van der Waals surface area contributed by atoms with Crippen molar-refractivity contribution in [2.45, 2.75) is 145 Å². The minimum absolute atomic E-state index is 0.0918. The van der Waals surface area contributed by atoms with Gasteiger partial charge in [-0.3, -0.25) is 9.35 Å². The average Bonchev–Trinajstić information content (AvgIpc) is 3.68. The molecule has 5 nitrogen and oxygen atoms in total. The van der Waals surface area contributed by atoms with Gasteiger partial charge in [-0.15, -0.1) is 0 Å². The van der Waals surface area contributed by atoms with Crippen molar-refractivity contribution in [2.75, 3.05) is 5.32 Å². The van der Waals surface area contributed by atoms with Gasteiger partial charge in [0.25, 0.3) is 16.0 Å². The molecular weight excluding hydrogens is 530 g/mol. The van der Waals surface area contributed by atoms with Gasteiger partial charge in [0.05, 0.1) is 0 Å². The Bertz CT molecular complexity index is 1210. The Balaban J connectivity index is 1.36. The molecule has 0 bridgehead atoms. The first-order chi connectivity index (χ1) is 19.9. The molecule has 2 aromatic carbocycles. The van der Waals surface area contributed by atoms with Crippen LogP contribution in [0.15, 0.2) is 41.3 Å². The Labute approximate surface area is 247 Å². The first kappa shape index (κ1) is 30.3. The van der Waals surface area contributed by atoms with E-state index >= 15 is 0 Å². The van der Waals surface area contributed by atoms with Crippen molar-refractivity contribution >= 4 is 21.7 Å². The second-order valence-corrected chi connectivity index (χ2v) is 14.3. The highest BCUT2D eigenvalue weighted by Gasteiger charge is 2.32. The maximum atomic E-state index is 13.4. The zero-order valence-corrected chi connectivity index (χ0v) is 25.5. The van der Waals surface area contributed by atoms with Crippen LogP contribution in [0.5, 0.6) is 0 Å². The van der Waals surface area contributed by atoms with Gasteiger partial charge in [0.1, 0.15) is 4.90 Å². The maximum absolute atomic E-state index is 13.4. The number of hydrogen-bond donors (Lipinski definition) is 2. The number of nitrogens with one attached hydrogen (secondary N) is 1. The number of carbonyl (C=O) groups is 1. The maximum Gasteiger partial charge on any atom is 0.295 e. The van der Waals surface area contributed by atoms with Crippen LogP contribution < -0.4 is 5.32 Å². The molecule has 0 saturated heterocycles. The quantitative estimate of drug-likeness (QED) is 0.334. The third-order valence-electron chi connectivity index (χ3n) is 10.0. The van der Waals surface area contributed by atoms with Crippen molar-refractivity contribution in [1.29, 1.82) is 0 Å². The molecular formula is C35H49NO4S. The van der Waals surface area contributed by atoms with Gasteiger partial charge in [-0.05, 0) is 97.2 Å². The van der Waals surface area contributed by atoms with Gasteiger partial charge in [-0.2, -0.15) is 8.42 Å². The molecule has 3 fully saturated rings. The van der Waals surface area contributed by atoms with Crippen molar-refractivity contribution in [3.63, 3.8) is 0 Å². The van der Waals surface area contributed by atoms with Crippen molar-refractivity contribution in [3.05, 3.63) is 58.7 Å². The van der Waals surface area contributed by atoms with Crippen LogP contribution in [-0.4, -0.2) is 18.9 Å². The lowest BCUT2D eigenvalue weighted by Gasteiger charge is -2.22. The zero-order valence-electron chi connectivity index (χ0n) is 24.7. The summed E-state index contributed by atoms with van der Waals surface area (Å²) in [6, 6.07) is 11.8. The van der Waals surface area contributed by atoms with E-state index in [0.29, 0.717) is 28.3 Å². The van der Waals surface area contributed by atoms with Gasteiger partial charge < -0.3 is 5.32 Å². The Morgan fingerprint density at radius 3 is 1.44 bits per heavy atom. The minimum atomic E-state index is -4.38. The first-order valence-electron chi connectivity index (χ1n) is 16.5. The summed E-state index contributed by atoms with van der Waals surface area (Å²) in [6.45, 7) is 0. The van der Waals surface area contributed by atoms with Crippen LogP contribution in [0.25, 0.3) is 0 Å². The lowest BCUT2D eigenvalue weighted by molar-refractivity contribution is 0.102. The molecule has 0 unspecified atom stereocenters. The highest BCUT2D eigenvalue weighted by molar-refractivity contribution is 7.86. The smallest absolute Gasteiger partial charge is 0.295 e. The third-order valence-corrected chi connectivity index (χ3v) is 11.0. The number of amides is 1. The SMILES string of the molecule is O=C(Nc1cc(C2CCCC2)c(S(=O)(=O)O)c(C2CCCC2)c1)c1ccc(C2CCCCCCCCCCC2)cc1. The molecule has 3 saturated carbocycles. The van der Waals surface area contributed by atoms with Gasteiger partial charge in [0.15, 0.2) is 0 Å². The Kier molecular flexibility index (Phi) is 10.6. The minimum Gasteiger partial charge on any atom is -0.322 e. The van der Waals surface area contributed by atoms with Crippen LogP contribution in [0.2, 0.25) is 0 Å². The topological polar surface area (TPSA) is 83.5 Å². The van der Waals surface area contributed by atoms with E-state index in [1.54, 1.807) is 0 Å². The Morgan fingerprint density at radius 1 is 0.610 bits per heavy atom. The van der Waals surface area contributed by atoms with Gasteiger partial charge in [0.2, 0.25) is 0 Å². The van der Waals surface area contributed by atoms with E-state index in [-0.39, 0.29) is 22.6 Å². The summed E-state index contributed by atoms with van der Waals surface area (Å²) < 4.78 is 35.7. The molecule has 2 N–H and O–H groups in total. The van der Waals surface area contributed by atoms with E-state index in [1.807, 2.05) is 24.3 Å². The van der Waals surface area contributed by atoms with E-state index in [1.165, 1.54) is 76.2 Å². The molecule has 0 heterocycles. The Hall–Kier alpha value is -2.18. The van der Waals surface area contributed by atoms with Crippen LogP contribution in [0, 0.1) is 0 Å². The fraction of sp³-hybridized carbons (Fsp3) is 0.629. The van der Waals surface area contributed by atoms with Gasteiger partial charge in [-0.25, -0.2) is 0 Å². The zero-order chi connectivity index (χ0) is 28.7. The van der Waals surface area contributed by atoms with Gasteiger partial charge in [0, 0.05) is 11.3 Å². The van der Waals surface area contributed by atoms with Crippen molar-refractivity contribution in [3.8, 4) is 0 Å². The second kappa shape index (κ2) is 14.3. The summed E-state index contributed by atoms with van der Waals surface area (Å²) in [6.07, 6.45) is 22.3. The average molecular weight is 580 g/mol. The highest BCUT2D eigenvalue weighted by Crippen LogP contribution is 2.45. The molecule has 0 aliphatic heterocycles. The third kappa shape index (κ3) is 8.01. The first-order valence-corrected chi connectivity index (χ1v) is 17.9. The standard InChI is InChI=1S/C35H49NO4S/c37-35(30-22-20-27(21-23-30)26-14-8-6-4-2-1-3-5-7-9-15-26)36-31-24-32(28-16-10-11-17-28)34(41(38,39)40)33(25-31)29-18-12-13-19-29/h20-26,28-29H,1-19H2,(H,36,37)(H,38,39,40). The lowest BCUT2D eigenvalue weighted by atomic mass is 9.87. The fourth-order valence-electron chi connectivity index (χ4n) is 7.73. The van der Waals surface area contributed by atoms with Gasteiger partial charge in [-0.1, -0.05) is 95.6 Å². The van der Waals surface area contributed by atoms with Crippen LogP contribution in [-0.2, 0) is 10.1 Å². The molecule has 0 atom stereocenters. The predicted octanol–water partition coefficient (Wildman–Crippen LogP) is 9.89. The van der Waals surface area contributed by atoms with E-state index in [9.17, 15) is 17.8 Å². The molecule has 3 aliphatic rings. The number of benzene rings is 2. The fourth-order valence-corrected chi connectivity index (χ4v) is 8.78. The van der Waals surface area contributed by atoms with E-state index in [2.05, 4.69) is 17.4 Å². The van der Waals surface area contributed by atoms with Crippen LogP contribution in [0.1, 0.15) is 167 Å². The summed E-state index contributed by atoms with van der Waals surface area (Å²) in [4.78, 5) is 13.5. The van der Waals surface area contributed by atoms with Crippen molar-refractivity contribution in [2.24, 2.45) is 0 Å². The normalized spacial score (nSPS) is 20.9. The predicted molar refractivity (Wildman–Crippen MR) is 167 cm³/mol. The summed E-state index contributed by atoms with van der Waals surface area (Å²) in [7, 11) is -4.38. The second-order valence-electron chi connectivity index (χ2n) is 13.0. The van der Waals surface area contributed by atoms with Gasteiger partial charge >= 0.3 is 0 Å². The molecule has 0 radical (unpaired) electrons. The number of carbonyl (C=O) groups excluding carboxylic acids is 1. The Morgan fingerprint density at radius 2 is 1.00 bits per heavy atom. The van der Waals surface area contributed by atoms with Crippen LogP contribution in [0.3, 0.4) is 0 Å². The van der Waals surface area contributed by atoms with E-state index in [0.717, 1.165) is 51.4 Å². The lowest BCUT2D eigenvalue weighted by Crippen LogP contribution is -2.16. The van der Waals surface area contributed by atoms with E-state index in [4.69, 9.17) is 0 Å². The largest absolute Gasteiger partial charge is 0.322 e. The molecule has 41 heavy (non-hydrogen) atoms. The molecule has 0 aromatic heterocycles. The molecule has 224 valence electrons. The number of anilines is 1. The monoisotopic (exact) mass is 579 g/mol.